The van der Waals surface area contributed by atoms with Crippen LogP contribution in [-0.4, -0.2) is 107 Å². The summed E-state index contributed by atoms with van der Waals surface area (Å²) in [5, 5.41) is 25.0. The Morgan fingerprint density at radius 3 is 1.50 bits per heavy atom. The second-order valence-electron chi connectivity index (χ2n) is 5.29. The summed E-state index contributed by atoms with van der Waals surface area (Å²) in [6, 6.07) is 0. The molecule has 26 heavy (non-hydrogen) atoms. The molecule has 158 valence electrons. The van der Waals surface area contributed by atoms with Gasteiger partial charge in [0.2, 0.25) is 0 Å². The first-order valence-corrected chi connectivity index (χ1v) is 9.22. The van der Waals surface area contributed by atoms with Crippen LogP contribution >= 0.6 is 0 Å². The Morgan fingerprint density at radius 1 is 0.615 bits per heavy atom. The molecular formula is C17H36O9. The first kappa shape index (κ1) is 25.6. The molecule has 1 heterocycles. The highest BCUT2D eigenvalue weighted by Gasteiger charge is 2.13. The molecular weight excluding hydrogens is 348 g/mol. The fraction of sp³-hybridized carbons (Fsp3) is 1.00. The predicted molar refractivity (Wildman–Crippen MR) is 94.1 cm³/mol. The third kappa shape index (κ3) is 20.0. The van der Waals surface area contributed by atoms with Gasteiger partial charge >= 0.3 is 0 Å². The van der Waals surface area contributed by atoms with E-state index in [4.69, 9.17) is 43.7 Å². The maximum atomic E-state index is 8.45. The fourth-order valence-electron chi connectivity index (χ4n) is 1.92. The highest BCUT2D eigenvalue weighted by Crippen LogP contribution is 2.13. The lowest BCUT2D eigenvalue weighted by Gasteiger charge is -2.22. The van der Waals surface area contributed by atoms with Gasteiger partial charge in [0, 0.05) is 6.61 Å². The van der Waals surface area contributed by atoms with Crippen LogP contribution in [-0.2, 0) is 28.4 Å². The SMILES string of the molecule is OCCOCCOCCO.OCCOCCOCCOC1CCCCO1. The third-order valence-electron chi connectivity index (χ3n) is 3.12. The van der Waals surface area contributed by atoms with E-state index in [0.717, 1.165) is 19.4 Å². The number of aliphatic hydroxyl groups excluding tert-OH is 3. The van der Waals surface area contributed by atoms with Crippen molar-refractivity contribution in [1.82, 2.24) is 0 Å². The molecule has 1 aliphatic heterocycles. The molecule has 0 radical (unpaired) electrons. The van der Waals surface area contributed by atoms with Crippen LogP contribution in [0.5, 0.6) is 0 Å². The normalized spacial score (nSPS) is 17.0. The maximum absolute atomic E-state index is 8.45. The van der Waals surface area contributed by atoms with Crippen LogP contribution in [0.1, 0.15) is 19.3 Å². The quantitative estimate of drug-likeness (QED) is 0.305. The zero-order chi connectivity index (χ0) is 19.1. The summed E-state index contributed by atoms with van der Waals surface area (Å²) in [5.74, 6) is 0. The van der Waals surface area contributed by atoms with Crippen molar-refractivity contribution in [1.29, 1.82) is 0 Å². The highest BCUT2D eigenvalue weighted by molar-refractivity contribution is 4.53. The molecule has 0 saturated carbocycles. The molecule has 1 aliphatic rings. The Balaban J connectivity index is 0.000000541. The van der Waals surface area contributed by atoms with Gasteiger partial charge in [-0.1, -0.05) is 0 Å². The molecule has 0 amide bonds. The van der Waals surface area contributed by atoms with Crippen LogP contribution in [0.2, 0.25) is 0 Å². The van der Waals surface area contributed by atoms with Gasteiger partial charge in [-0.15, -0.1) is 0 Å². The first-order valence-electron chi connectivity index (χ1n) is 9.22. The fourth-order valence-corrected chi connectivity index (χ4v) is 1.92. The van der Waals surface area contributed by atoms with Gasteiger partial charge in [0.1, 0.15) is 0 Å². The Hall–Kier alpha value is -0.360. The largest absolute Gasteiger partial charge is 0.394 e. The van der Waals surface area contributed by atoms with Gasteiger partial charge in [0.05, 0.1) is 79.3 Å². The van der Waals surface area contributed by atoms with Gasteiger partial charge in [0.25, 0.3) is 0 Å². The average molecular weight is 384 g/mol. The molecule has 3 N–H and O–H groups in total. The highest BCUT2D eigenvalue weighted by atomic mass is 16.7. The third-order valence-corrected chi connectivity index (χ3v) is 3.12. The van der Waals surface area contributed by atoms with Crippen LogP contribution in [0, 0.1) is 0 Å². The zero-order valence-electron chi connectivity index (χ0n) is 15.7. The van der Waals surface area contributed by atoms with Crippen molar-refractivity contribution >= 4 is 0 Å². The van der Waals surface area contributed by atoms with Crippen LogP contribution in [0.3, 0.4) is 0 Å². The number of hydrogen-bond donors (Lipinski definition) is 3. The summed E-state index contributed by atoms with van der Waals surface area (Å²) in [7, 11) is 0. The van der Waals surface area contributed by atoms with E-state index in [1.54, 1.807) is 0 Å². The van der Waals surface area contributed by atoms with Crippen LogP contribution in [0.25, 0.3) is 0 Å². The van der Waals surface area contributed by atoms with Crippen molar-refractivity contribution in [2.75, 3.05) is 85.9 Å². The summed E-state index contributed by atoms with van der Waals surface area (Å²) in [6.07, 6.45) is 3.27. The van der Waals surface area contributed by atoms with E-state index >= 15 is 0 Å². The summed E-state index contributed by atoms with van der Waals surface area (Å²) < 4.78 is 31.0. The molecule has 0 aromatic heterocycles. The minimum absolute atomic E-state index is 0.0389. The smallest absolute Gasteiger partial charge is 0.157 e. The molecule has 0 aliphatic carbocycles. The molecule has 1 fully saturated rings. The molecule has 9 nitrogen and oxygen atoms in total. The van der Waals surface area contributed by atoms with E-state index in [2.05, 4.69) is 0 Å². The Kier molecular flexibility index (Phi) is 22.4. The predicted octanol–water partition coefficient (Wildman–Crippen LogP) is -0.441. The van der Waals surface area contributed by atoms with E-state index in [1.807, 2.05) is 0 Å². The van der Waals surface area contributed by atoms with E-state index in [1.165, 1.54) is 6.42 Å². The van der Waals surface area contributed by atoms with E-state index in [-0.39, 0.29) is 26.1 Å². The lowest BCUT2D eigenvalue weighted by molar-refractivity contribution is -0.169. The number of rotatable bonds is 16. The van der Waals surface area contributed by atoms with Crippen molar-refractivity contribution in [3.8, 4) is 0 Å². The van der Waals surface area contributed by atoms with Gasteiger partial charge in [-0.2, -0.15) is 0 Å². The van der Waals surface area contributed by atoms with E-state index in [0.29, 0.717) is 59.5 Å². The molecule has 1 rings (SSSR count). The van der Waals surface area contributed by atoms with Crippen molar-refractivity contribution in [3.63, 3.8) is 0 Å². The van der Waals surface area contributed by atoms with E-state index < -0.39 is 0 Å². The Bertz CT molecular complexity index is 242. The van der Waals surface area contributed by atoms with Gasteiger partial charge < -0.3 is 43.7 Å². The minimum atomic E-state index is -0.0389. The lowest BCUT2D eigenvalue weighted by Crippen LogP contribution is -2.24. The van der Waals surface area contributed by atoms with Gasteiger partial charge in [0.15, 0.2) is 6.29 Å². The standard InChI is InChI=1S/C11H22O5.C6H14O4/c12-4-6-13-7-8-14-9-10-16-11-3-1-2-5-15-11;7-1-3-9-5-6-10-4-2-8/h11-12H,1-10H2;7-8H,1-6H2. The van der Waals surface area contributed by atoms with Crippen molar-refractivity contribution in [2.45, 2.75) is 25.6 Å². The second kappa shape index (κ2) is 22.7. The molecule has 1 unspecified atom stereocenters. The topological polar surface area (TPSA) is 116 Å². The summed E-state index contributed by atoms with van der Waals surface area (Å²) in [4.78, 5) is 0. The monoisotopic (exact) mass is 384 g/mol. The molecule has 0 aromatic rings. The van der Waals surface area contributed by atoms with Crippen LogP contribution in [0.4, 0.5) is 0 Å². The minimum Gasteiger partial charge on any atom is -0.394 e. The van der Waals surface area contributed by atoms with Crippen LogP contribution in [0.15, 0.2) is 0 Å². The van der Waals surface area contributed by atoms with Crippen molar-refractivity contribution < 1.29 is 43.7 Å². The van der Waals surface area contributed by atoms with Gasteiger partial charge in [-0.3, -0.25) is 0 Å². The molecule has 1 saturated heterocycles. The molecule has 0 spiro atoms. The van der Waals surface area contributed by atoms with Gasteiger partial charge in [-0.25, -0.2) is 0 Å². The second-order valence-corrected chi connectivity index (χ2v) is 5.29. The average Bonchev–Trinajstić information content (AvgIpc) is 2.68. The summed E-state index contributed by atoms with van der Waals surface area (Å²) >= 11 is 0. The lowest BCUT2D eigenvalue weighted by atomic mass is 10.2. The maximum Gasteiger partial charge on any atom is 0.157 e. The van der Waals surface area contributed by atoms with Crippen molar-refractivity contribution in [3.05, 3.63) is 0 Å². The zero-order valence-corrected chi connectivity index (χ0v) is 15.7. The molecule has 0 aromatic carbocycles. The molecule has 1 atom stereocenters. The number of aliphatic hydroxyl groups is 3. The van der Waals surface area contributed by atoms with E-state index in [9.17, 15) is 0 Å². The first-order chi connectivity index (χ1) is 12.8. The Morgan fingerprint density at radius 2 is 1.08 bits per heavy atom. The van der Waals surface area contributed by atoms with Crippen LogP contribution < -0.4 is 0 Å². The Labute approximate surface area is 156 Å². The summed E-state index contributed by atoms with van der Waals surface area (Å²) in [6.45, 7) is 5.13. The van der Waals surface area contributed by atoms with Gasteiger partial charge in [-0.05, 0) is 19.3 Å². The molecule has 0 bridgehead atoms. The summed E-state index contributed by atoms with van der Waals surface area (Å²) in [5.41, 5.74) is 0. The number of ether oxygens (including phenoxy) is 6. The van der Waals surface area contributed by atoms with Crippen molar-refractivity contribution in [2.24, 2.45) is 0 Å². The molecule has 9 heteroatoms. The number of hydrogen-bond acceptors (Lipinski definition) is 9.